The van der Waals surface area contributed by atoms with E-state index in [9.17, 15) is 14.4 Å². The number of hydrogen-bond donors (Lipinski definition) is 0. The molecule has 0 bridgehead atoms. The molecule has 0 saturated carbocycles. The highest BCUT2D eigenvalue weighted by Crippen LogP contribution is 2.19. The number of hydrogen-bond acceptors (Lipinski definition) is 12. The minimum Gasteiger partial charge on any atom is -0.493 e. The van der Waals surface area contributed by atoms with Crippen molar-refractivity contribution < 1.29 is 57.0 Å². The predicted molar refractivity (Wildman–Crippen MR) is 285 cm³/mol. The Kier molecular flexibility index (Phi) is 29.2. The van der Waals surface area contributed by atoms with Crippen LogP contribution in [0.15, 0.2) is 177 Å². The van der Waals surface area contributed by atoms with Crippen molar-refractivity contribution in [3.05, 3.63) is 210 Å². The van der Waals surface area contributed by atoms with Gasteiger partial charge < -0.3 is 42.6 Å². The molecule has 0 amide bonds. The molecule has 6 rings (SSSR count). The smallest absolute Gasteiger partial charge is 0.193 e. The van der Waals surface area contributed by atoms with Crippen LogP contribution >= 0.6 is 0 Å². The lowest BCUT2D eigenvalue weighted by Gasteiger charge is -2.22. The van der Waals surface area contributed by atoms with Gasteiger partial charge in [0.25, 0.3) is 0 Å². The Morgan fingerprint density at radius 3 is 1.19 bits per heavy atom. The van der Waals surface area contributed by atoms with Gasteiger partial charge in [-0.15, -0.1) is 0 Å². The van der Waals surface area contributed by atoms with Crippen LogP contribution in [0.5, 0.6) is 17.2 Å². The fourth-order valence-electron chi connectivity index (χ4n) is 6.77. The molecule has 0 aliphatic rings. The summed E-state index contributed by atoms with van der Waals surface area (Å²) >= 11 is 0. The molecular weight excluding hydrogens is 925 g/mol. The van der Waals surface area contributed by atoms with E-state index in [-0.39, 0.29) is 29.6 Å². The number of rotatable bonds is 32. The number of carbonyl (C=O) groups excluding carboxylic acids is 3. The monoisotopic (exact) mass is 997 g/mol. The fourth-order valence-corrected chi connectivity index (χ4v) is 6.77. The van der Waals surface area contributed by atoms with Gasteiger partial charge in [-0.05, 0) is 85.6 Å². The SMILES string of the molecule is C=COc1ccc(C(=O)c2ccccc2)cc1.CCCOCC(CCOc1ccc(C(=O)c2ccccc2)cc1)OCC(CCOc1ccc(C(=O)c2ccccc2)cc1)OC.CCCOCCOCCOC. The summed E-state index contributed by atoms with van der Waals surface area (Å²) in [4.78, 5) is 37.3. The van der Waals surface area contributed by atoms with Crippen molar-refractivity contribution in [3.8, 4) is 17.2 Å². The van der Waals surface area contributed by atoms with Crippen molar-refractivity contribution in [1.82, 2.24) is 0 Å². The molecule has 6 aromatic rings. The molecule has 0 aliphatic heterocycles. The van der Waals surface area contributed by atoms with Crippen LogP contribution in [-0.4, -0.2) is 110 Å². The second-order valence-electron chi connectivity index (χ2n) is 16.3. The summed E-state index contributed by atoms with van der Waals surface area (Å²) < 4.78 is 49.8. The molecule has 0 spiro atoms. The zero-order chi connectivity index (χ0) is 52.1. The highest BCUT2D eigenvalue weighted by atomic mass is 16.6. The molecular formula is C61H72O12. The van der Waals surface area contributed by atoms with Gasteiger partial charge in [0.1, 0.15) is 17.2 Å². The molecule has 0 aliphatic carbocycles. The average molecular weight is 997 g/mol. The molecule has 388 valence electrons. The Balaban J connectivity index is 0.000000334. The first-order chi connectivity index (χ1) is 35.8. The van der Waals surface area contributed by atoms with Gasteiger partial charge in [0.05, 0.1) is 71.3 Å². The van der Waals surface area contributed by atoms with Crippen molar-refractivity contribution in [2.45, 2.75) is 51.7 Å². The first-order valence-electron chi connectivity index (χ1n) is 24.8. The molecule has 2 atom stereocenters. The number of methoxy groups -OCH3 is 2. The maximum absolute atomic E-state index is 12.7. The van der Waals surface area contributed by atoms with Gasteiger partial charge in [0.15, 0.2) is 17.3 Å². The summed E-state index contributed by atoms with van der Waals surface area (Å²) in [7, 11) is 3.33. The van der Waals surface area contributed by atoms with Crippen LogP contribution in [-0.2, 0) is 28.4 Å². The quantitative estimate of drug-likeness (QED) is 0.0226. The predicted octanol–water partition coefficient (Wildman–Crippen LogP) is 11.7. The Labute approximate surface area is 432 Å². The summed E-state index contributed by atoms with van der Waals surface area (Å²) in [5.41, 5.74) is 3.88. The number of ether oxygens (including phenoxy) is 9. The second kappa shape index (κ2) is 36.2. The molecule has 0 aromatic heterocycles. The minimum absolute atomic E-state index is 0.00996. The number of ketones is 3. The number of carbonyl (C=O) groups is 3. The van der Waals surface area contributed by atoms with E-state index in [0.717, 1.165) is 19.4 Å². The summed E-state index contributed by atoms with van der Waals surface area (Å²) in [6.45, 7) is 13.5. The summed E-state index contributed by atoms with van der Waals surface area (Å²) in [5.74, 6) is 2.03. The largest absolute Gasteiger partial charge is 0.493 e. The van der Waals surface area contributed by atoms with Crippen molar-refractivity contribution in [2.24, 2.45) is 0 Å². The van der Waals surface area contributed by atoms with E-state index >= 15 is 0 Å². The van der Waals surface area contributed by atoms with Crippen LogP contribution in [0.2, 0.25) is 0 Å². The highest BCUT2D eigenvalue weighted by molar-refractivity contribution is 6.10. The Morgan fingerprint density at radius 2 is 0.795 bits per heavy atom. The Morgan fingerprint density at radius 1 is 0.425 bits per heavy atom. The molecule has 2 unspecified atom stereocenters. The van der Waals surface area contributed by atoms with E-state index in [4.69, 9.17) is 42.6 Å². The topological polar surface area (TPSA) is 134 Å². The third-order valence-electron chi connectivity index (χ3n) is 10.7. The molecule has 12 nitrogen and oxygen atoms in total. The molecule has 0 N–H and O–H groups in total. The van der Waals surface area contributed by atoms with Gasteiger partial charge in [0, 0.05) is 73.7 Å². The van der Waals surface area contributed by atoms with Crippen molar-refractivity contribution >= 4 is 17.3 Å². The second-order valence-corrected chi connectivity index (χ2v) is 16.3. The van der Waals surface area contributed by atoms with Crippen LogP contribution in [0.1, 0.15) is 87.3 Å². The minimum atomic E-state index is -0.163. The van der Waals surface area contributed by atoms with E-state index < -0.39 is 0 Å². The number of benzene rings is 6. The van der Waals surface area contributed by atoms with Crippen LogP contribution in [0.25, 0.3) is 0 Å². The normalized spacial score (nSPS) is 11.4. The van der Waals surface area contributed by atoms with E-state index in [2.05, 4.69) is 20.4 Å². The molecule has 73 heavy (non-hydrogen) atoms. The van der Waals surface area contributed by atoms with Gasteiger partial charge >= 0.3 is 0 Å². The summed E-state index contributed by atoms with van der Waals surface area (Å²) in [6.07, 6.45) is 4.30. The van der Waals surface area contributed by atoms with Gasteiger partial charge in [-0.3, -0.25) is 14.4 Å². The molecule has 0 saturated heterocycles. The zero-order valence-corrected chi connectivity index (χ0v) is 42.8. The first kappa shape index (κ1) is 58.8. The van der Waals surface area contributed by atoms with E-state index in [1.807, 2.05) is 103 Å². The Hall–Kier alpha value is -6.77. The summed E-state index contributed by atoms with van der Waals surface area (Å²) in [6, 6.07) is 49.0. The lowest BCUT2D eigenvalue weighted by atomic mass is 10.0. The first-order valence-corrected chi connectivity index (χ1v) is 24.8. The van der Waals surface area contributed by atoms with Gasteiger partial charge in [-0.1, -0.05) is 111 Å². The highest BCUT2D eigenvalue weighted by Gasteiger charge is 2.16. The van der Waals surface area contributed by atoms with Crippen molar-refractivity contribution in [2.75, 3.05) is 80.3 Å². The lowest BCUT2D eigenvalue weighted by molar-refractivity contribution is -0.0679. The van der Waals surface area contributed by atoms with Gasteiger partial charge in [0.2, 0.25) is 0 Å². The molecule has 12 heteroatoms. The lowest BCUT2D eigenvalue weighted by Crippen LogP contribution is -2.29. The van der Waals surface area contributed by atoms with Crippen molar-refractivity contribution in [1.29, 1.82) is 0 Å². The van der Waals surface area contributed by atoms with Crippen LogP contribution in [0.4, 0.5) is 0 Å². The van der Waals surface area contributed by atoms with E-state index in [1.54, 1.807) is 74.9 Å². The van der Waals surface area contributed by atoms with Crippen LogP contribution in [0.3, 0.4) is 0 Å². The van der Waals surface area contributed by atoms with Crippen LogP contribution < -0.4 is 14.2 Å². The molecule has 0 heterocycles. The van der Waals surface area contributed by atoms with E-state index in [0.29, 0.717) is 123 Å². The van der Waals surface area contributed by atoms with Gasteiger partial charge in [-0.2, -0.15) is 0 Å². The maximum atomic E-state index is 12.7. The molecule has 0 fully saturated rings. The third kappa shape index (κ3) is 23.1. The van der Waals surface area contributed by atoms with Crippen molar-refractivity contribution in [3.63, 3.8) is 0 Å². The summed E-state index contributed by atoms with van der Waals surface area (Å²) in [5, 5.41) is 0. The third-order valence-corrected chi connectivity index (χ3v) is 10.7. The van der Waals surface area contributed by atoms with Gasteiger partial charge in [-0.25, -0.2) is 0 Å². The van der Waals surface area contributed by atoms with Crippen LogP contribution in [0, 0.1) is 0 Å². The molecule has 0 radical (unpaired) electrons. The van der Waals surface area contributed by atoms with E-state index in [1.165, 1.54) is 6.26 Å². The Bertz CT molecular complexity index is 2380. The molecule has 6 aromatic carbocycles. The average Bonchev–Trinajstić information content (AvgIpc) is 3.44. The standard InChI is InChI=1S/C38H42O7.C15H12O2.C8H18O3/c1-3-24-42-27-36(23-26-44-34-20-16-32(17-21-34)38(40)30-12-8-5-9-13-30)45-28-35(41-2)22-25-43-33-18-14-31(15-19-33)37(39)29-10-6-4-7-11-29;1-2-17-14-10-8-13(9-11-14)15(16)12-6-4-3-5-7-12;1-3-4-10-7-8-11-6-5-9-2/h4-21,35-36H,3,22-28H2,1-2H3;2-11H,1H2;3-8H2,1-2H3. The fraction of sp³-hybridized carbons (Fsp3) is 0.328. The maximum Gasteiger partial charge on any atom is 0.193 e. The zero-order valence-electron chi connectivity index (χ0n) is 42.8.